The normalized spacial score (nSPS) is 10.9. The molecule has 0 spiro atoms. The van der Waals surface area contributed by atoms with Gasteiger partial charge in [-0.2, -0.15) is 0 Å². The highest BCUT2D eigenvalue weighted by atomic mass is 32.1. The molecule has 0 aliphatic rings. The molecule has 0 radical (unpaired) electrons. The van der Waals surface area contributed by atoms with Gasteiger partial charge in [0, 0.05) is 40.4 Å². The van der Waals surface area contributed by atoms with Gasteiger partial charge in [0.15, 0.2) is 4.77 Å². The molecule has 0 fully saturated rings. The standard InChI is InChI=1S/C22H18N4O4S/c1-2-30-21(27)13-25-12-17(16-5-3-4-6-20(16)25)19-11-18(23-22(31)24-19)14-7-9-15(10-8-14)26(28)29/h3-12H,2,13H2,1H3,(H,23,24,31). The number of nitrogens with zero attached hydrogens (tertiary/aromatic N) is 3. The van der Waals surface area contributed by atoms with Crippen molar-refractivity contribution in [2.45, 2.75) is 13.5 Å². The topological polar surface area (TPSA) is 103 Å². The lowest BCUT2D eigenvalue weighted by molar-refractivity contribution is -0.384. The van der Waals surface area contributed by atoms with E-state index in [0.717, 1.165) is 22.2 Å². The Balaban J connectivity index is 1.80. The summed E-state index contributed by atoms with van der Waals surface area (Å²) in [4.78, 5) is 30.0. The summed E-state index contributed by atoms with van der Waals surface area (Å²) in [5, 5.41) is 11.9. The summed E-state index contributed by atoms with van der Waals surface area (Å²) in [6.07, 6.45) is 1.88. The van der Waals surface area contributed by atoms with Crippen molar-refractivity contribution >= 4 is 34.8 Å². The Kier molecular flexibility index (Phi) is 5.59. The molecule has 0 saturated heterocycles. The van der Waals surface area contributed by atoms with Gasteiger partial charge in [-0.1, -0.05) is 18.2 Å². The van der Waals surface area contributed by atoms with Gasteiger partial charge in [0.2, 0.25) is 0 Å². The van der Waals surface area contributed by atoms with E-state index in [2.05, 4.69) is 9.97 Å². The van der Waals surface area contributed by atoms with Crippen molar-refractivity contribution in [3.8, 4) is 22.5 Å². The highest BCUT2D eigenvalue weighted by molar-refractivity contribution is 7.71. The molecule has 0 aliphatic carbocycles. The third kappa shape index (κ3) is 4.22. The van der Waals surface area contributed by atoms with Crippen LogP contribution in [0.2, 0.25) is 0 Å². The van der Waals surface area contributed by atoms with Gasteiger partial charge in [0.1, 0.15) is 6.54 Å². The number of H-pyrrole nitrogens is 1. The molecule has 31 heavy (non-hydrogen) atoms. The van der Waals surface area contributed by atoms with Gasteiger partial charge in [-0.25, -0.2) is 4.98 Å². The van der Waals surface area contributed by atoms with Gasteiger partial charge < -0.3 is 14.3 Å². The number of hydrogen-bond donors (Lipinski definition) is 1. The summed E-state index contributed by atoms with van der Waals surface area (Å²) in [5.74, 6) is -0.316. The van der Waals surface area contributed by atoms with E-state index in [1.807, 2.05) is 41.1 Å². The number of nitro benzene ring substituents is 1. The minimum atomic E-state index is -0.446. The van der Waals surface area contributed by atoms with Crippen LogP contribution in [0, 0.1) is 14.9 Å². The predicted octanol–water partition coefficient (Wildman–Crippen LogP) is 4.90. The molecule has 0 aliphatic heterocycles. The monoisotopic (exact) mass is 434 g/mol. The van der Waals surface area contributed by atoms with Crippen LogP contribution in [0.3, 0.4) is 0 Å². The molecule has 8 nitrogen and oxygen atoms in total. The summed E-state index contributed by atoms with van der Waals surface area (Å²) >= 11 is 5.33. The number of benzene rings is 2. The first-order valence-electron chi connectivity index (χ1n) is 9.56. The number of carbonyl (C=O) groups is 1. The molecule has 2 aromatic heterocycles. The number of hydrogen-bond acceptors (Lipinski definition) is 6. The summed E-state index contributed by atoms with van der Waals surface area (Å²) < 4.78 is 7.21. The van der Waals surface area contributed by atoms with Gasteiger partial charge in [0.25, 0.3) is 5.69 Å². The van der Waals surface area contributed by atoms with Crippen LogP contribution in [-0.4, -0.2) is 32.0 Å². The average molecular weight is 434 g/mol. The molecule has 156 valence electrons. The number of esters is 1. The number of ether oxygens (including phenoxy) is 1. The Bertz CT molecular complexity index is 1340. The summed E-state index contributed by atoms with van der Waals surface area (Å²) in [6.45, 7) is 2.18. The molecular weight excluding hydrogens is 416 g/mol. The van der Waals surface area contributed by atoms with E-state index < -0.39 is 4.92 Å². The molecule has 4 rings (SSSR count). The van der Waals surface area contributed by atoms with Crippen molar-refractivity contribution in [1.29, 1.82) is 0 Å². The van der Waals surface area contributed by atoms with Crippen LogP contribution in [0.5, 0.6) is 0 Å². The van der Waals surface area contributed by atoms with Crippen LogP contribution in [0.15, 0.2) is 60.8 Å². The molecule has 0 unspecified atom stereocenters. The van der Waals surface area contributed by atoms with Crippen LogP contribution < -0.4 is 0 Å². The van der Waals surface area contributed by atoms with E-state index in [9.17, 15) is 14.9 Å². The maximum absolute atomic E-state index is 12.0. The second-order valence-electron chi connectivity index (χ2n) is 6.78. The quantitative estimate of drug-likeness (QED) is 0.200. The van der Waals surface area contributed by atoms with Crippen molar-refractivity contribution in [1.82, 2.24) is 14.5 Å². The molecule has 9 heteroatoms. The Hall–Kier alpha value is -3.85. The Morgan fingerprint density at radius 2 is 1.97 bits per heavy atom. The number of aromatic nitrogens is 3. The lowest BCUT2D eigenvalue weighted by Crippen LogP contribution is -2.12. The lowest BCUT2D eigenvalue weighted by atomic mass is 10.1. The van der Waals surface area contributed by atoms with E-state index in [-0.39, 0.29) is 23.0 Å². The van der Waals surface area contributed by atoms with Crippen LogP contribution in [0.4, 0.5) is 5.69 Å². The molecule has 0 saturated carbocycles. The molecule has 4 aromatic rings. The molecule has 2 aromatic carbocycles. The Morgan fingerprint density at radius 3 is 2.68 bits per heavy atom. The van der Waals surface area contributed by atoms with Gasteiger partial charge in [0.05, 0.1) is 22.9 Å². The first-order valence-corrected chi connectivity index (χ1v) is 9.97. The molecule has 0 bridgehead atoms. The average Bonchev–Trinajstić information content (AvgIpc) is 3.12. The van der Waals surface area contributed by atoms with Crippen LogP contribution in [-0.2, 0) is 16.1 Å². The smallest absolute Gasteiger partial charge is 0.325 e. The number of fused-ring (bicyclic) bond motifs is 1. The largest absolute Gasteiger partial charge is 0.465 e. The number of nitrogens with one attached hydrogen (secondary N) is 1. The number of carbonyl (C=O) groups excluding carboxylic acids is 1. The van der Waals surface area contributed by atoms with Crippen molar-refractivity contribution in [3.05, 3.63) is 75.7 Å². The fraction of sp³-hybridized carbons (Fsp3) is 0.136. The van der Waals surface area contributed by atoms with Crippen molar-refractivity contribution in [2.24, 2.45) is 0 Å². The van der Waals surface area contributed by atoms with Gasteiger partial charge >= 0.3 is 5.97 Å². The van der Waals surface area contributed by atoms with Crippen LogP contribution >= 0.6 is 12.2 Å². The summed E-state index contributed by atoms with van der Waals surface area (Å²) in [5.41, 5.74) is 3.78. The van der Waals surface area contributed by atoms with E-state index in [1.54, 1.807) is 19.1 Å². The number of rotatable bonds is 6. The minimum absolute atomic E-state index is 0.00657. The van der Waals surface area contributed by atoms with Gasteiger partial charge in [-0.05, 0) is 43.4 Å². The third-order valence-electron chi connectivity index (χ3n) is 4.80. The fourth-order valence-corrected chi connectivity index (χ4v) is 3.65. The molecular formula is C22H18N4O4S. The minimum Gasteiger partial charge on any atom is -0.465 e. The highest BCUT2D eigenvalue weighted by Crippen LogP contribution is 2.31. The van der Waals surface area contributed by atoms with Crippen molar-refractivity contribution < 1.29 is 14.5 Å². The first kappa shape index (κ1) is 20.4. The van der Waals surface area contributed by atoms with Crippen molar-refractivity contribution in [3.63, 3.8) is 0 Å². The van der Waals surface area contributed by atoms with E-state index in [0.29, 0.717) is 17.9 Å². The molecule has 2 heterocycles. The fourth-order valence-electron chi connectivity index (χ4n) is 3.44. The molecule has 0 amide bonds. The second kappa shape index (κ2) is 8.49. The SMILES string of the molecule is CCOC(=O)Cn1cc(-c2cc(-c3ccc([N+](=O)[O-])cc3)nc(=S)[nH]2)c2ccccc21. The Morgan fingerprint density at radius 1 is 1.23 bits per heavy atom. The number of aromatic amines is 1. The highest BCUT2D eigenvalue weighted by Gasteiger charge is 2.15. The van der Waals surface area contributed by atoms with Crippen molar-refractivity contribution in [2.75, 3.05) is 6.61 Å². The lowest BCUT2D eigenvalue weighted by Gasteiger charge is -2.05. The third-order valence-corrected chi connectivity index (χ3v) is 5.00. The number of para-hydroxylation sites is 1. The van der Waals surface area contributed by atoms with Crippen LogP contribution in [0.25, 0.3) is 33.4 Å². The van der Waals surface area contributed by atoms with E-state index in [4.69, 9.17) is 17.0 Å². The molecule has 1 N–H and O–H groups in total. The van der Waals surface area contributed by atoms with Gasteiger partial charge in [-0.3, -0.25) is 14.9 Å². The van der Waals surface area contributed by atoms with Crippen LogP contribution in [0.1, 0.15) is 6.92 Å². The number of nitro groups is 1. The summed E-state index contributed by atoms with van der Waals surface area (Å²) in [7, 11) is 0. The van der Waals surface area contributed by atoms with E-state index >= 15 is 0 Å². The second-order valence-corrected chi connectivity index (χ2v) is 7.17. The van der Waals surface area contributed by atoms with Gasteiger partial charge in [-0.15, -0.1) is 0 Å². The zero-order valence-electron chi connectivity index (χ0n) is 16.6. The van der Waals surface area contributed by atoms with E-state index in [1.165, 1.54) is 12.1 Å². The maximum Gasteiger partial charge on any atom is 0.325 e. The zero-order chi connectivity index (χ0) is 22.0. The number of non-ortho nitro benzene ring substituents is 1. The predicted molar refractivity (Wildman–Crippen MR) is 119 cm³/mol. The molecule has 0 atom stereocenters. The first-order chi connectivity index (χ1) is 15.0. The zero-order valence-corrected chi connectivity index (χ0v) is 17.4. The summed E-state index contributed by atoms with van der Waals surface area (Å²) in [6, 6.07) is 15.7. The Labute approximate surface area is 182 Å². The maximum atomic E-state index is 12.0.